The lowest BCUT2D eigenvalue weighted by molar-refractivity contribution is 0.431. The van der Waals surface area contributed by atoms with Crippen LogP contribution in [-0.2, 0) is 0 Å². The van der Waals surface area contributed by atoms with Crippen LogP contribution in [0.25, 0.3) is 23.1 Å². The summed E-state index contributed by atoms with van der Waals surface area (Å²) in [6, 6.07) is 15.4. The predicted octanol–water partition coefficient (Wildman–Crippen LogP) is 3.08. The van der Waals surface area contributed by atoms with Crippen molar-refractivity contribution in [2.24, 2.45) is 0 Å². The molecule has 0 aliphatic carbocycles. The fourth-order valence-electron chi connectivity index (χ4n) is 2.45. The maximum atomic E-state index is 13.4. The molecule has 2 aromatic carbocycles. The number of aromatic nitrogens is 5. The molecule has 0 amide bonds. The van der Waals surface area contributed by atoms with E-state index in [1.807, 2.05) is 37.4 Å². The molecule has 0 aliphatic heterocycles. The van der Waals surface area contributed by atoms with Gasteiger partial charge in [0, 0.05) is 18.3 Å². The Kier molecular flexibility index (Phi) is 4.17. The predicted molar refractivity (Wildman–Crippen MR) is 97.4 cm³/mol. The summed E-state index contributed by atoms with van der Waals surface area (Å²) in [6.45, 7) is 0. The number of para-hydroxylation sites is 1. The first-order chi connectivity index (χ1) is 13.1. The third kappa shape index (κ3) is 3.43. The molecule has 2 aromatic heterocycles. The highest BCUT2D eigenvalue weighted by Crippen LogP contribution is 2.24. The van der Waals surface area contributed by atoms with Gasteiger partial charge in [0.15, 0.2) is 0 Å². The lowest BCUT2D eigenvalue weighted by Gasteiger charge is -2.17. The van der Waals surface area contributed by atoms with Gasteiger partial charge in [-0.3, -0.25) is 0 Å². The normalized spacial score (nSPS) is 10.7. The highest BCUT2D eigenvalue weighted by atomic mass is 19.1. The third-order valence-electron chi connectivity index (χ3n) is 3.78. The first kappa shape index (κ1) is 16.6. The Morgan fingerprint density at radius 1 is 0.926 bits per heavy atom. The van der Waals surface area contributed by atoms with E-state index in [-0.39, 0.29) is 23.5 Å². The Labute approximate surface area is 153 Å². The van der Waals surface area contributed by atoms with E-state index in [0.717, 1.165) is 5.69 Å². The summed E-state index contributed by atoms with van der Waals surface area (Å²) in [6.07, 6.45) is 0. The molecule has 9 heteroatoms. The second-order valence-electron chi connectivity index (χ2n) is 5.65. The van der Waals surface area contributed by atoms with Crippen LogP contribution in [0, 0.1) is 5.82 Å². The molecule has 2 heterocycles. The van der Waals surface area contributed by atoms with Crippen molar-refractivity contribution in [1.29, 1.82) is 0 Å². The number of nitrogens with zero attached hydrogens (tertiary/aromatic N) is 6. The molecule has 0 radical (unpaired) electrons. The smallest absolute Gasteiger partial charge is 0.258 e. The van der Waals surface area contributed by atoms with Gasteiger partial charge < -0.3 is 15.2 Å². The number of nitrogen functional groups attached to an aromatic ring is 1. The van der Waals surface area contributed by atoms with E-state index < -0.39 is 5.82 Å². The number of hydrogen-bond donors (Lipinski definition) is 1. The van der Waals surface area contributed by atoms with Crippen molar-refractivity contribution in [3.63, 3.8) is 0 Å². The van der Waals surface area contributed by atoms with Crippen LogP contribution in [0.5, 0.6) is 0 Å². The molecule has 2 N–H and O–H groups in total. The van der Waals surface area contributed by atoms with E-state index in [9.17, 15) is 4.39 Å². The van der Waals surface area contributed by atoms with Gasteiger partial charge in [-0.1, -0.05) is 29.4 Å². The summed E-state index contributed by atoms with van der Waals surface area (Å²) in [5.74, 6) is 0.401. The van der Waals surface area contributed by atoms with Gasteiger partial charge in [0.1, 0.15) is 5.82 Å². The minimum Gasteiger partial charge on any atom is -0.368 e. The second-order valence-corrected chi connectivity index (χ2v) is 5.65. The molecule has 134 valence electrons. The summed E-state index contributed by atoms with van der Waals surface area (Å²) < 4.78 is 18.6. The fraction of sp³-hybridized carbons (Fsp3) is 0.0556. The van der Waals surface area contributed by atoms with E-state index >= 15 is 0 Å². The van der Waals surface area contributed by atoms with Gasteiger partial charge in [-0.25, -0.2) is 4.39 Å². The molecular formula is C18H14FN7O. The molecule has 0 bridgehead atoms. The lowest BCUT2D eigenvalue weighted by atomic mass is 10.2. The van der Waals surface area contributed by atoms with Gasteiger partial charge >= 0.3 is 0 Å². The highest BCUT2D eigenvalue weighted by molar-refractivity contribution is 5.60. The molecule has 0 aliphatic rings. The van der Waals surface area contributed by atoms with Gasteiger partial charge in [-0.2, -0.15) is 19.9 Å². The Morgan fingerprint density at radius 3 is 2.52 bits per heavy atom. The Bertz CT molecular complexity index is 1080. The number of rotatable bonds is 4. The zero-order valence-corrected chi connectivity index (χ0v) is 14.2. The molecule has 0 saturated heterocycles. The zero-order valence-electron chi connectivity index (χ0n) is 14.2. The maximum absolute atomic E-state index is 13.4. The highest BCUT2D eigenvalue weighted by Gasteiger charge is 2.17. The van der Waals surface area contributed by atoms with Crippen molar-refractivity contribution in [1.82, 2.24) is 25.1 Å². The second kappa shape index (κ2) is 6.79. The molecule has 8 nitrogen and oxygen atoms in total. The third-order valence-corrected chi connectivity index (χ3v) is 3.78. The summed E-state index contributed by atoms with van der Waals surface area (Å²) in [7, 11) is 1.81. The summed E-state index contributed by atoms with van der Waals surface area (Å²) in [4.78, 5) is 18.6. The van der Waals surface area contributed by atoms with Crippen LogP contribution in [0.1, 0.15) is 0 Å². The lowest BCUT2D eigenvalue weighted by Crippen LogP contribution is -2.15. The molecule has 0 unspecified atom stereocenters. The monoisotopic (exact) mass is 363 g/mol. The first-order valence-corrected chi connectivity index (χ1v) is 8.00. The van der Waals surface area contributed by atoms with Gasteiger partial charge in [0.25, 0.3) is 5.89 Å². The molecule has 0 spiro atoms. The van der Waals surface area contributed by atoms with Gasteiger partial charge in [0.2, 0.25) is 23.5 Å². The number of nitrogens with two attached hydrogens (primary N) is 1. The molecule has 4 aromatic rings. The van der Waals surface area contributed by atoms with E-state index in [4.69, 9.17) is 10.3 Å². The molecule has 27 heavy (non-hydrogen) atoms. The van der Waals surface area contributed by atoms with E-state index in [1.54, 1.807) is 17.0 Å². The number of anilines is 3. The molecule has 0 atom stereocenters. The van der Waals surface area contributed by atoms with E-state index in [1.165, 1.54) is 12.1 Å². The van der Waals surface area contributed by atoms with Crippen LogP contribution in [0.4, 0.5) is 22.0 Å². The molecule has 0 fully saturated rings. The maximum Gasteiger partial charge on any atom is 0.258 e. The number of hydrogen-bond acceptors (Lipinski definition) is 8. The summed E-state index contributed by atoms with van der Waals surface area (Å²) in [5.41, 5.74) is 7.16. The van der Waals surface area contributed by atoms with Crippen molar-refractivity contribution in [2.75, 3.05) is 17.7 Å². The summed E-state index contributed by atoms with van der Waals surface area (Å²) >= 11 is 0. The molecule has 0 saturated carbocycles. The van der Waals surface area contributed by atoms with Crippen LogP contribution in [0.2, 0.25) is 0 Å². The van der Waals surface area contributed by atoms with Crippen molar-refractivity contribution in [3.05, 3.63) is 60.4 Å². The van der Waals surface area contributed by atoms with Gasteiger partial charge in [0.05, 0.1) is 0 Å². The van der Waals surface area contributed by atoms with Gasteiger partial charge in [-0.15, -0.1) is 0 Å². The van der Waals surface area contributed by atoms with Crippen LogP contribution in [0.3, 0.4) is 0 Å². The quantitative estimate of drug-likeness (QED) is 0.589. The van der Waals surface area contributed by atoms with Crippen molar-refractivity contribution in [3.8, 4) is 23.1 Å². The van der Waals surface area contributed by atoms with Gasteiger partial charge in [-0.05, 0) is 30.3 Å². The van der Waals surface area contributed by atoms with Crippen molar-refractivity contribution in [2.45, 2.75) is 0 Å². The number of benzene rings is 2. The topological polar surface area (TPSA) is 107 Å². The Morgan fingerprint density at radius 2 is 1.74 bits per heavy atom. The van der Waals surface area contributed by atoms with E-state index in [0.29, 0.717) is 11.5 Å². The van der Waals surface area contributed by atoms with Crippen LogP contribution < -0.4 is 10.6 Å². The van der Waals surface area contributed by atoms with Crippen molar-refractivity contribution >= 4 is 17.6 Å². The fourth-order valence-corrected chi connectivity index (χ4v) is 2.45. The average Bonchev–Trinajstić information content (AvgIpc) is 3.18. The average molecular weight is 363 g/mol. The Balaban J connectivity index is 1.70. The minimum atomic E-state index is -0.400. The largest absolute Gasteiger partial charge is 0.368 e. The summed E-state index contributed by atoms with van der Waals surface area (Å²) in [5, 5.41) is 3.87. The standard InChI is InChI=1S/C18H14FN7O/c1-26(13-8-3-2-4-9-13)18-23-14(22-17(20)24-18)15-21-16(27-25-15)11-6-5-7-12(19)10-11/h2-10H,1H3,(H2,20,22,23,24). The molecule has 4 rings (SSSR count). The minimum absolute atomic E-state index is 0.0230. The molecular weight excluding hydrogens is 349 g/mol. The van der Waals surface area contributed by atoms with Crippen LogP contribution in [0.15, 0.2) is 59.1 Å². The van der Waals surface area contributed by atoms with Crippen molar-refractivity contribution < 1.29 is 8.91 Å². The van der Waals surface area contributed by atoms with E-state index in [2.05, 4.69) is 25.1 Å². The van der Waals surface area contributed by atoms with Crippen LogP contribution in [-0.4, -0.2) is 32.1 Å². The first-order valence-electron chi connectivity index (χ1n) is 8.00. The number of halogens is 1. The van der Waals surface area contributed by atoms with Crippen LogP contribution >= 0.6 is 0 Å². The Hall–Kier alpha value is -3.88. The SMILES string of the molecule is CN(c1ccccc1)c1nc(N)nc(-c2noc(-c3cccc(F)c3)n2)n1. The zero-order chi connectivity index (χ0) is 18.8.